The predicted octanol–water partition coefficient (Wildman–Crippen LogP) is 2.91. The van der Waals surface area contributed by atoms with Gasteiger partial charge in [0, 0.05) is 11.3 Å². The number of nitrogens with zero attached hydrogens (tertiary/aromatic N) is 1. The molecule has 2 rings (SSSR count). The van der Waals surface area contributed by atoms with Gasteiger partial charge in [-0.25, -0.2) is 8.42 Å². The van der Waals surface area contributed by atoms with E-state index in [4.69, 9.17) is 0 Å². The second kappa shape index (κ2) is 7.70. The molecule has 2 aromatic carbocycles. The number of rotatable bonds is 6. The summed E-state index contributed by atoms with van der Waals surface area (Å²) in [7, 11) is -3.63. The van der Waals surface area contributed by atoms with E-state index in [1.54, 1.807) is 36.4 Å². The first-order valence-electron chi connectivity index (χ1n) is 8.04. The number of carbonyl (C=O) groups is 2. The normalized spacial score (nSPS) is 11.1. The third-order valence-corrected chi connectivity index (χ3v) is 5.18. The average molecular weight is 374 g/mol. The number of hydrogen-bond acceptors (Lipinski definition) is 4. The van der Waals surface area contributed by atoms with Crippen LogP contribution in [-0.4, -0.2) is 32.9 Å². The van der Waals surface area contributed by atoms with E-state index in [1.165, 1.54) is 6.92 Å². The van der Waals surface area contributed by atoms with Gasteiger partial charge in [0.2, 0.25) is 15.9 Å². The fourth-order valence-electron chi connectivity index (χ4n) is 2.40. The van der Waals surface area contributed by atoms with E-state index in [1.807, 2.05) is 19.9 Å². The molecule has 0 bridgehead atoms. The van der Waals surface area contributed by atoms with Crippen LogP contribution in [0.4, 0.5) is 11.4 Å². The largest absolute Gasteiger partial charge is 0.325 e. The number of ketones is 1. The first kappa shape index (κ1) is 19.7. The van der Waals surface area contributed by atoms with Crippen molar-refractivity contribution in [2.75, 3.05) is 22.4 Å². The number of anilines is 2. The summed E-state index contributed by atoms with van der Waals surface area (Å²) in [5, 5.41) is 2.65. The number of nitrogens with one attached hydrogen (secondary N) is 1. The Morgan fingerprint density at radius 3 is 2.12 bits per heavy atom. The molecule has 0 aliphatic rings. The van der Waals surface area contributed by atoms with Crippen molar-refractivity contribution in [1.82, 2.24) is 0 Å². The van der Waals surface area contributed by atoms with Crippen molar-refractivity contribution in [3.63, 3.8) is 0 Å². The minimum absolute atomic E-state index is 0.0686. The molecular formula is C19H22N2O4S. The first-order chi connectivity index (χ1) is 12.1. The summed E-state index contributed by atoms with van der Waals surface area (Å²) in [6, 6.07) is 11.7. The summed E-state index contributed by atoms with van der Waals surface area (Å²) < 4.78 is 25.4. The Hall–Kier alpha value is -2.67. The lowest BCUT2D eigenvalue weighted by atomic mass is 10.1. The molecule has 0 spiro atoms. The standard InChI is InChI=1S/C19H22N2O4S/c1-13-5-10-18(11-14(13)2)21(26(4,24)25)12-19(23)20-17-8-6-16(7-9-17)15(3)22/h5-11H,12H2,1-4H3,(H,20,23). The first-order valence-corrected chi connectivity index (χ1v) is 9.88. The van der Waals surface area contributed by atoms with Gasteiger partial charge in [0.15, 0.2) is 5.78 Å². The van der Waals surface area contributed by atoms with Gasteiger partial charge < -0.3 is 5.32 Å². The van der Waals surface area contributed by atoms with Crippen LogP contribution in [0.2, 0.25) is 0 Å². The quantitative estimate of drug-likeness (QED) is 0.788. The third kappa shape index (κ3) is 4.92. The minimum atomic E-state index is -3.63. The number of Topliss-reactive ketones (excluding diaryl/α,β-unsaturated/α-hetero) is 1. The molecule has 0 aromatic heterocycles. The molecule has 1 N–H and O–H groups in total. The number of amides is 1. The second-order valence-corrected chi connectivity index (χ2v) is 8.13. The lowest BCUT2D eigenvalue weighted by molar-refractivity contribution is -0.114. The number of benzene rings is 2. The Morgan fingerprint density at radius 2 is 1.62 bits per heavy atom. The smallest absolute Gasteiger partial charge is 0.245 e. The van der Waals surface area contributed by atoms with Crippen molar-refractivity contribution in [1.29, 1.82) is 0 Å². The van der Waals surface area contributed by atoms with Crippen LogP contribution in [0.15, 0.2) is 42.5 Å². The number of carbonyl (C=O) groups excluding carboxylic acids is 2. The van der Waals surface area contributed by atoms with Gasteiger partial charge in [-0.3, -0.25) is 13.9 Å². The van der Waals surface area contributed by atoms with Gasteiger partial charge in [-0.05, 0) is 68.3 Å². The highest BCUT2D eigenvalue weighted by atomic mass is 32.2. The van der Waals surface area contributed by atoms with Crippen LogP contribution >= 0.6 is 0 Å². The second-order valence-electron chi connectivity index (χ2n) is 6.22. The van der Waals surface area contributed by atoms with E-state index in [0.29, 0.717) is 16.9 Å². The molecule has 1 amide bonds. The van der Waals surface area contributed by atoms with E-state index in [2.05, 4.69) is 5.32 Å². The molecule has 7 heteroatoms. The summed E-state index contributed by atoms with van der Waals surface area (Å²) in [6.45, 7) is 4.94. The van der Waals surface area contributed by atoms with Crippen LogP contribution in [0.5, 0.6) is 0 Å². The van der Waals surface area contributed by atoms with Gasteiger partial charge in [-0.2, -0.15) is 0 Å². The summed E-state index contributed by atoms with van der Waals surface area (Å²) in [4.78, 5) is 23.6. The minimum Gasteiger partial charge on any atom is -0.325 e. The molecule has 2 aromatic rings. The van der Waals surface area contributed by atoms with Crippen molar-refractivity contribution in [2.24, 2.45) is 0 Å². The predicted molar refractivity (Wildman–Crippen MR) is 103 cm³/mol. The van der Waals surface area contributed by atoms with Crippen LogP contribution in [0.25, 0.3) is 0 Å². The number of aryl methyl sites for hydroxylation is 2. The Bertz CT molecular complexity index is 935. The molecule has 0 aliphatic carbocycles. The van der Waals surface area contributed by atoms with Crippen molar-refractivity contribution in [3.8, 4) is 0 Å². The van der Waals surface area contributed by atoms with Gasteiger partial charge in [0.05, 0.1) is 11.9 Å². The van der Waals surface area contributed by atoms with Crippen molar-refractivity contribution in [2.45, 2.75) is 20.8 Å². The van der Waals surface area contributed by atoms with Gasteiger partial charge in [-0.1, -0.05) is 6.07 Å². The van der Waals surface area contributed by atoms with Crippen LogP contribution in [0.1, 0.15) is 28.4 Å². The zero-order chi connectivity index (χ0) is 19.5. The molecule has 0 aliphatic heterocycles. The zero-order valence-electron chi connectivity index (χ0n) is 15.2. The summed E-state index contributed by atoms with van der Waals surface area (Å²) in [5.74, 6) is -0.537. The van der Waals surface area contributed by atoms with Crippen LogP contribution in [0, 0.1) is 13.8 Å². The van der Waals surface area contributed by atoms with Crippen molar-refractivity contribution < 1.29 is 18.0 Å². The molecular weight excluding hydrogens is 352 g/mol. The fourth-order valence-corrected chi connectivity index (χ4v) is 3.25. The van der Waals surface area contributed by atoms with Crippen LogP contribution in [-0.2, 0) is 14.8 Å². The number of hydrogen-bond donors (Lipinski definition) is 1. The monoisotopic (exact) mass is 374 g/mol. The lowest BCUT2D eigenvalue weighted by Gasteiger charge is -2.22. The van der Waals surface area contributed by atoms with E-state index >= 15 is 0 Å². The molecule has 6 nitrogen and oxygen atoms in total. The van der Waals surface area contributed by atoms with E-state index in [9.17, 15) is 18.0 Å². The summed E-state index contributed by atoms with van der Waals surface area (Å²) >= 11 is 0. The lowest BCUT2D eigenvalue weighted by Crippen LogP contribution is -2.37. The maximum atomic E-state index is 12.3. The Kier molecular flexibility index (Phi) is 5.82. The van der Waals surface area contributed by atoms with E-state index < -0.39 is 15.9 Å². The van der Waals surface area contributed by atoms with Crippen LogP contribution in [0.3, 0.4) is 0 Å². The summed E-state index contributed by atoms with van der Waals surface area (Å²) in [5.41, 5.74) is 3.45. The molecule has 0 heterocycles. The molecule has 0 saturated heterocycles. The highest BCUT2D eigenvalue weighted by molar-refractivity contribution is 7.92. The zero-order valence-corrected chi connectivity index (χ0v) is 16.1. The topological polar surface area (TPSA) is 83.6 Å². The van der Waals surface area contributed by atoms with Crippen molar-refractivity contribution >= 4 is 33.1 Å². The molecule has 0 unspecified atom stereocenters. The van der Waals surface area contributed by atoms with Gasteiger partial charge >= 0.3 is 0 Å². The highest BCUT2D eigenvalue weighted by Crippen LogP contribution is 2.21. The van der Waals surface area contributed by atoms with Gasteiger partial charge in [0.25, 0.3) is 0 Å². The highest BCUT2D eigenvalue weighted by Gasteiger charge is 2.21. The SMILES string of the molecule is CC(=O)c1ccc(NC(=O)CN(c2ccc(C)c(C)c2)S(C)(=O)=O)cc1. The molecule has 0 fully saturated rings. The molecule has 0 saturated carbocycles. The maximum Gasteiger partial charge on any atom is 0.245 e. The van der Waals surface area contributed by atoms with E-state index in [0.717, 1.165) is 21.7 Å². The molecule has 138 valence electrons. The number of sulfonamides is 1. The Balaban J connectivity index is 2.19. The summed E-state index contributed by atoms with van der Waals surface area (Å²) in [6.07, 6.45) is 1.07. The fraction of sp³-hybridized carbons (Fsp3) is 0.263. The Labute approximate surface area is 153 Å². The molecule has 0 atom stereocenters. The van der Waals surface area contributed by atoms with Gasteiger partial charge in [0.1, 0.15) is 6.54 Å². The van der Waals surface area contributed by atoms with Crippen LogP contribution < -0.4 is 9.62 Å². The average Bonchev–Trinajstić information content (AvgIpc) is 2.55. The maximum absolute atomic E-state index is 12.3. The van der Waals surface area contributed by atoms with E-state index in [-0.39, 0.29) is 12.3 Å². The Morgan fingerprint density at radius 1 is 1.00 bits per heavy atom. The third-order valence-electron chi connectivity index (χ3n) is 4.04. The van der Waals surface area contributed by atoms with Crippen molar-refractivity contribution in [3.05, 3.63) is 59.2 Å². The molecule has 26 heavy (non-hydrogen) atoms. The van der Waals surface area contributed by atoms with Gasteiger partial charge in [-0.15, -0.1) is 0 Å². The molecule has 0 radical (unpaired) electrons.